The molecule has 0 amide bonds. The molecule has 5 atom stereocenters. The van der Waals surface area contributed by atoms with Crippen molar-refractivity contribution in [3.63, 3.8) is 0 Å². The van der Waals surface area contributed by atoms with Crippen LogP contribution in [0.3, 0.4) is 0 Å². The zero-order valence-electron chi connectivity index (χ0n) is 37.8. The van der Waals surface area contributed by atoms with Crippen molar-refractivity contribution in [2.24, 2.45) is 23.3 Å². The molecule has 0 saturated carbocycles. The lowest BCUT2D eigenvalue weighted by molar-refractivity contribution is -0.164. The Morgan fingerprint density at radius 2 is 0.814 bits per heavy atom. The Morgan fingerprint density at radius 3 is 1.22 bits per heavy atom. The summed E-state index contributed by atoms with van der Waals surface area (Å²) in [6.45, 7) is 9.10. The molecule has 0 aliphatic rings. The Labute approximate surface area is 357 Å². The molecule has 5 N–H and O–H groups in total. The summed E-state index contributed by atoms with van der Waals surface area (Å²) in [4.78, 5) is 60.9. The van der Waals surface area contributed by atoms with Gasteiger partial charge in [-0.3, -0.25) is 28.2 Å². The topological polar surface area (TPSA) is 213 Å². The molecule has 14 nitrogen and oxygen atoms in total. The minimum absolute atomic E-state index is 0.137. The number of nitrogens with two attached hydrogens (primary N) is 2. The Hall–Kier alpha value is -2.09. The summed E-state index contributed by atoms with van der Waals surface area (Å²) in [5.41, 5.74) is 11.8. The molecule has 0 aliphatic carbocycles. The number of unbranched alkanes of at least 4 members (excludes halogenated alkanes) is 20. The number of phosphoric acid groups is 1. The molecular weight excluding hydrogens is 779 g/mol. The SMILES string of the molecule is CCCCCCCCCCCCCC(=O)OC[C@H](COP(=O)(O)OCC(COC(=O)[C@@H](N)C(C)C)OC(=O)[C@@H](N)C(C)C)OC(=O)CCCCCCCCCCCCC. The number of rotatable bonds is 40. The first-order valence-corrected chi connectivity index (χ1v) is 24.5. The van der Waals surface area contributed by atoms with Gasteiger partial charge in [0.15, 0.2) is 12.2 Å². The minimum Gasteiger partial charge on any atom is -0.462 e. The van der Waals surface area contributed by atoms with Gasteiger partial charge in [-0.2, -0.15) is 0 Å². The number of ether oxygens (including phenoxy) is 4. The minimum atomic E-state index is -4.87. The molecule has 348 valence electrons. The second-order valence-electron chi connectivity index (χ2n) is 16.7. The fourth-order valence-corrected chi connectivity index (χ4v) is 6.84. The molecule has 0 aromatic carbocycles. The van der Waals surface area contributed by atoms with Gasteiger partial charge in [-0.15, -0.1) is 0 Å². The van der Waals surface area contributed by atoms with Crippen molar-refractivity contribution in [1.29, 1.82) is 0 Å². The van der Waals surface area contributed by atoms with Gasteiger partial charge in [0.1, 0.15) is 25.3 Å². The molecule has 59 heavy (non-hydrogen) atoms. The number of carbonyl (C=O) groups excluding carboxylic acids is 4. The standard InChI is InChI=1S/C44H85N2O12P/c1-7-9-11-13-15-17-19-21-23-25-27-29-39(47)53-31-37(57-40(48)30-28-26-24-22-20-18-16-14-12-10-8-2)33-55-59(51,52)56-34-38(58-44(50)42(46)36(5)6)32-54-43(49)41(45)35(3)4/h35-38,41-42H,7-34,45-46H2,1-6H3,(H,51,52)/t37-,38?,41+,42+/m1/s1. The van der Waals surface area contributed by atoms with Crippen molar-refractivity contribution in [3.05, 3.63) is 0 Å². The van der Waals surface area contributed by atoms with Crippen LogP contribution in [0.1, 0.15) is 196 Å². The summed E-state index contributed by atoms with van der Waals surface area (Å²) in [6, 6.07) is -1.96. The average Bonchev–Trinajstić information content (AvgIpc) is 3.20. The van der Waals surface area contributed by atoms with Crippen LogP contribution in [0.25, 0.3) is 0 Å². The molecule has 0 rings (SSSR count). The first-order chi connectivity index (χ1) is 28.1. The predicted molar refractivity (Wildman–Crippen MR) is 231 cm³/mol. The average molecular weight is 865 g/mol. The number of phosphoric ester groups is 1. The number of hydrogen-bond donors (Lipinski definition) is 3. The van der Waals surface area contributed by atoms with E-state index in [0.29, 0.717) is 12.8 Å². The molecule has 0 heterocycles. The maximum absolute atomic E-state index is 13.0. The van der Waals surface area contributed by atoms with Crippen molar-refractivity contribution in [2.75, 3.05) is 26.4 Å². The fraction of sp³-hybridized carbons (Fsp3) is 0.909. The third kappa shape index (κ3) is 33.2. The van der Waals surface area contributed by atoms with Crippen LogP contribution in [0.2, 0.25) is 0 Å². The van der Waals surface area contributed by atoms with Crippen LogP contribution in [0, 0.1) is 11.8 Å². The van der Waals surface area contributed by atoms with E-state index in [1.807, 2.05) is 0 Å². The number of esters is 4. The van der Waals surface area contributed by atoms with Crippen molar-refractivity contribution < 1.29 is 56.6 Å². The van der Waals surface area contributed by atoms with Gasteiger partial charge in [0.2, 0.25) is 0 Å². The Balaban J connectivity index is 5.19. The van der Waals surface area contributed by atoms with E-state index < -0.39 is 75.8 Å². The molecule has 0 radical (unpaired) electrons. The van der Waals surface area contributed by atoms with Gasteiger partial charge in [0.25, 0.3) is 0 Å². The fourth-order valence-electron chi connectivity index (χ4n) is 6.05. The summed E-state index contributed by atoms with van der Waals surface area (Å²) in [6.07, 6.45) is 22.8. The molecule has 0 bridgehead atoms. The Bertz CT molecular complexity index is 1140. The summed E-state index contributed by atoms with van der Waals surface area (Å²) < 4.78 is 44.8. The van der Waals surface area contributed by atoms with Crippen molar-refractivity contribution >= 4 is 31.7 Å². The predicted octanol–water partition coefficient (Wildman–Crippen LogP) is 9.40. The highest BCUT2D eigenvalue weighted by Gasteiger charge is 2.31. The highest BCUT2D eigenvalue weighted by molar-refractivity contribution is 7.47. The van der Waals surface area contributed by atoms with E-state index in [1.54, 1.807) is 27.7 Å². The molecular formula is C44H85N2O12P. The van der Waals surface area contributed by atoms with Gasteiger partial charge >= 0.3 is 31.7 Å². The van der Waals surface area contributed by atoms with Gasteiger partial charge in [-0.1, -0.05) is 170 Å². The van der Waals surface area contributed by atoms with Gasteiger partial charge in [-0.05, 0) is 24.7 Å². The molecule has 0 aliphatic heterocycles. The van der Waals surface area contributed by atoms with Crippen molar-refractivity contribution in [2.45, 2.75) is 220 Å². The molecule has 0 saturated heterocycles. The monoisotopic (exact) mass is 865 g/mol. The van der Waals surface area contributed by atoms with Crippen LogP contribution in [0.15, 0.2) is 0 Å². The molecule has 0 aromatic rings. The summed E-state index contributed by atoms with van der Waals surface area (Å²) in [7, 11) is -4.87. The molecule has 0 fully saturated rings. The lowest BCUT2D eigenvalue weighted by Crippen LogP contribution is -2.42. The third-order valence-electron chi connectivity index (χ3n) is 10.2. The smallest absolute Gasteiger partial charge is 0.462 e. The summed E-state index contributed by atoms with van der Waals surface area (Å²) in [5, 5.41) is 0. The Kier molecular flexibility index (Phi) is 35.3. The molecule has 0 spiro atoms. The van der Waals surface area contributed by atoms with E-state index in [9.17, 15) is 28.6 Å². The second-order valence-corrected chi connectivity index (χ2v) is 18.1. The van der Waals surface area contributed by atoms with E-state index in [4.69, 9.17) is 39.5 Å². The second kappa shape index (κ2) is 36.6. The first-order valence-electron chi connectivity index (χ1n) is 23.0. The van der Waals surface area contributed by atoms with Gasteiger partial charge < -0.3 is 35.3 Å². The number of carbonyl (C=O) groups is 4. The zero-order chi connectivity index (χ0) is 44.3. The Morgan fingerprint density at radius 1 is 0.475 bits per heavy atom. The van der Waals surface area contributed by atoms with Crippen LogP contribution in [-0.4, -0.2) is 79.5 Å². The van der Waals surface area contributed by atoms with Crippen LogP contribution in [-0.2, 0) is 51.7 Å². The van der Waals surface area contributed by atoms with E-state index in [-0.39, 0.29) is 31.3 Å². The lowest BCUT2D eigenvalue weighted by atomic mass is 10.1. The normalized spacial score (nSPS) is 14.7. The third-order valence-corrected chi connectivity index (χ3v) is 11.2. The van der Waals surface area contributed by atoms with Gasteiger partial charge in [0, 0.05) is 12.8 Å². The van der Waals surface area contributed by atoms with E-state index in [0.717, 1.165) is 38.5 Å². The molecule has 2 unspecified atom stereocenters. The molecule has 15 heteroatoms. The van der Waals surface area contributed by atoms with E-state index in [2.05, 4.69) is 13.8 Å². The highest BCUT2D eigenvalue weighted by Crippen LogP contribution is 2.43. The van der Waals surface area contributed by atoms with Crippen molar-refractivity contribution in [3.8, 4) is 0 Å². The highest BCUT2D eigenvalue weighted by atomic mass is 31.2. The quantitative estimate of drug-likeness (QED) is 0.0227. The number of hydrogen-bond acceptors (Lipinski definition) is 13. The van der Waals surface area contributed by atoms with Crippen LogP contribution < -0.4 is 11.5 Å². The van der Waals surface area contributed by atoms with E-state index in [1.165, 1.54) is 89.9 Å². The lowest BCUT2D eigenvalue weighted by Gasteiger charge is -2.24. The maximum Gasteiger partial charge on any atom is 0.472 e. The largest absolute Gasteiger partial charge is 0.472 e. The zero-order valence-corrected chi connectivity index (χ0v) is 38.7. The van der Waals surface area contributed by atoms with Gasteiger partial charge in [0.05, 0.1) is 13.2 Å². The maximum atomic E-state index is 13.0. The first kappa shape index (κ1) is 56.9. The van der Waals surface area contributed by atoms with Crippen LogP contribution >= 0.6 is 7.82 Å². The molecule has 0 aromatic heterocycles. The van der Waals surface area contributed by atoms with Gasteiger partial charge in [-0.25, -0.2) is 4.57 Å². The summed E-state index contributed by atoms with van der Waals surface area (Å²) in [5.74, 6) is -3.10. The van der Waals surface area contributed by atoms with Crippen LogP contribution in [0.4, 0.5) is 0 Å². The van der Waals surface area contributed by atoms with Crippen molar-refractivity contribution in [1.82, 2.24) is 0 Å². The summed E-state index contributed by atoms with van der Waals surface area (Å²) >= 11 is 0. The van der Waals surface area contributed by atoms with E-state index >= 15 is 0 Å². The van der Waals surface area contributed by atoms with Crippen LogP contribution in [0.5, 0.6) is 0 Å².